The Morgan fingerprint density at radius 1 is 0.967 bits per heavy atom. The van der Waals surface area contributed by atoms with Crippen LogP contribution in [0.3, 0.4) is 0 Å². The molecule has 164 valence electrons. The summed E-state index contributed by atoms with van der Waals surface area (Å²) in [5.74, 6) is 0.170. The molecule has 0 spiro atoms. The molecule has 1 unspecified atom stereocenters. The van der Waals surface area contributed by atoms with Crippen LogP contribution in [0.2, 0.25) is 0 Å². The Kier molecular flexibility index (Phi) is 9.07. The predicted molar refractivity (Wildman–Crippen MR) is 123 cm³/mol. The van der Waals surface area contributed by atoms with Gasteiger partial charge in [-0.2, -0.15) is 0 Å². The van der Waals surface area contributed by atoms with Crippen LogP contribution in [0.1, 0.15) is 58.9 Å². The molecule has 0 amide bonds. The Balaban J connectivity index is 2.37. The Morgan fingerprint density at radius 3 is 2.00 bits per heavy atom. The standard InChI is InChI=1S/C26H37NO3/c1-20(2)27(21(3)4)18-16-24(22-12-8-6-9-13-22)26(5,17-19-28)25(29)30-23-14-10-7-11-15-23/h6-15,20-21,24,28H,16-19H2,1-5H3/t24-,26?/m1/s1. The van der Waals surface area contributed by atoms with E-state index in [1.165, 1.54) is 0 Å². The fourth-order valence-electron chi connectivity index (χ4n) is 4.29. The lowest BCUT2D eigenvalue weighted by Gasteiger charge is -2.38. The number of benzene rings is 2. The van der Waals surface area contributed by atoms with Gasteiger partial charge in [-0.05, 0) is 71.7 Å². The van der Waals surface area contributed by atoms with Crippen LogP contribution in [-0.4, -0.2) is 41.2 Å². The summed E-state index contributed by atoms with van der Waals surface area (Å²) in [5, 5.41) is 9.85. The normalized spacial score (nSPS) is 14.7. The average molecular weight is 412 g/mol. The van der Waals surface area contributed by atoms with Crippen LogP contribution in [0.25, 0.3) is 0 Å². The number of esters is 1. The molecule has 0 saturated carbocycles. The molecule has 0 saturated heterocycles. The summed E-state index contributed by atoms with van der Waals surface area (Å²) < 4.78 is 5.77. The summed E-state index contributed by atoms with van der Waals surface area (Å²) in [6.45, 7) is 11.5. The van der Waals surface area contributed by atoms with Crippen molar-refractivity contribution < 1.29 is 14.6 Å². The van der Waals surface area contributed by atoms with Crippen molar-refractivity contribution in [3.05, 3.63) is 66.2 Å². The van der Waals surface area contributed by atoms with Gasteiger partial charge in [-0.1, -0.05) is 48.5 Å². The third-order valence-electron chi connectivity index (χ3n) is 6.02. The summed E-state index contributed by atoms with van der Waals surface area (Å²) in [4.78, 5) is 15.8. The number of para-hydroxylation sites is 1. The molecule has 2 aromatic carbocycles. The molecule has 2 aromatic rings. The van der Waals surface area contributed by atoms with Gasteiger partial charge in [0.1, 0.15) is 5.75 Å². The summed E-state index contributed by atoms with van der Waals surface area (Å²) in [5.41, 5.74) is 0.261. The first-order chi connectivity index (χ1) is 14.3. The third kappa shape index (κ3) is 6.16. The van der Waals surface area contributed by atoms with Gasteiger partial charge in [0.15, 0.2) is 0 Å². The number of hydrogen-bond acceptors (Lipinski definition) is 4. The van der Waals surface area contributed by atoms with Crippen LogP contribution in [0.5, 0.6) is 5.75 Å². The van der Waals surface area contributed by atoms with Crippen LogP contribution >= 0.6 is 0 Å². The van der Waals surface area contributed by atoms with Gasteiger partial charge in [-0.3, -0.25) is 9.69 Å². The van der Waals surface area contributed by atoms with E-state index in [0.717, 1.165) is 18.5 Å². The van der Waals surface area contributed by atoms with Crippen LogP contribution < -0.4 is 4.74 Å². The van der Waals surface area contributed by atoms with E-state index in [1.807, 2.05) is 43.3 Å². The SMILES string of the molecule is CC(C)N(CC[C@H](c1ccccc1)C(C)(CCO)C(=O)Oc1ccccc1)C(C)C. The second-order valence-corrected chi connectivity index (χ2v) is 8.77. The van der Waals surface area contributed by atoms with Gasteiger partial charge in [-0.15, -0.1) is 0 Å². The maximum Gasteiger partial charge on any atom is 0.317 e. The van der Waals surface area contributed by atoms with Crippen molar-refractivity contribution in [3.8, 4) is 5.75 Å². The quantitative estimate of drug-likeness (QED) is 0.404. The molecular formula is C26H37NO3. The molecule has 2 atom stereocenters. The number of rotatable bonds is 11. The van der Waals surface area contributed by atoms with E-state index in [-0.39, 0.29) is 18.5 Å². The number of aliphatic hydroxyl groups is 1. The first-order valence-corrected chi connectivity index (χ1v) is 11.0. The van der Waals surface area contributed by atoms with Crippen LogP contribution in [0, 0.1) is 5.41 Å². The van der Waals surface area contributed by atoms with Gasteiger partial charge >= 0.3 is 5.97 Å². The van der Waals surface area contributed by atoms with Gasteiger partial charge in [0.2, 0.25) is 0 Å². The van der Waals surface area contributed by atoms with Crippen molar-refractivity contribution in [1.82, 2.24) is 4.90 Å². The Hall–Kier alpha value is -2.17. The van der Waals surface area contributed by atoms with Crippen LogP contribution in [0.15, 0.2) is 60.7 Å². The maximum absolute atomic E-state index is 13.4. The second kappa shape index (κ2) is 11.3. The Bertz CT molecular complexity index is 752. The van der Waals surface area contributed by atoms with Crippen LogP contribution in [0.4, 0.5) is 0 Å². The van der Waals surface area contributed by atoms with Gasteiger partial charge in [0, 0.05) is 24.6 Å². The molecule has 0 bridgehead atoms. The maximum atomic E-state index is 13.4. The highest BCUT2D eigenvalue weighted by atomic mass is 16.5. The molecule has 0 radical (unpaired) electrons. The third-order valence-corrected chi connectivity index (χ3v) is 6.02. The summed E-state index contributed by atoms with van der Waals surface area (Å²) >= 11 is 0. The monoisotopic (exact) mass is 411 g/mol. The smallest absolute Gasteiger partial charge is 0.317 e. The van der Waals surface area contributed by atoms with Gasteiger partial charge in [0.25, 0.3) is 0 Å². The fraction of sp³-hybridized carbons (Fsp3) is 0.500. The number of carbonyl (C=O) groups excluding carboxylic acids is 1. The number of aliphatic hydroxyl groups excluding tert-OH is 1. The molecule has 1 N–H and O–H groups in total. The lowest BCUT2D eigenvalue weighted by molar-refractivity contribution is -0.147. The van der Waals surface area contributed by atoms with Crippen LogP contribution in [-0.2, 0) is 4.79 Å². The zero-order valence-corrected chi connectivity index (χ0v) is 19.0. The first kappa shape index (κ1) is 24.1. The summed E-state index contributed by atoms with van der Waals surface area (Å²) in [6, 6.07) is 20.2. The van der Waals surface area contributed by atoms with Gasteiger partial charge < -0.3 is 9.84 Å². The van der Waals surface area contributed by atoms with E-state index in [4.69, 9.17) is 4.74 Å². The summed E-state index contributed by atoms with van der Waals surface area (Å²) in [6.07, 6.45) is 1.16. The largest absolute Gasteiger partial charge is 0.426 e. The zero-order chi connectivity index (χ0) is 22.1. The van der Waals surface area contributed by atoms with Crippen molar-refractivity contribution in [1.29, 1.82) is 0 Å². The first-order valence-electron chi connectivity index (χ1n) is 11.0. The molecule has 4 heteroatoms. The number of carbonyl (C=O) groups is 1. The molecule has 0 aliphatic heterocycles. The Morgan fingerprint density at radius 2 is 1.50 bits per heavy atom. The van der Waals surface area contributed by atoms with E-state index < -0.39 is 5.41 Å². The van der Waals surface area contributed by atoms with E-state index in [2.05, 4.69) is 44.7 Å². The minimum Gasteiger partial charge on any atom is -0.426 e. The molecule has 0 aliphatic rings. The van der Waals surface area contributed by atoms with Crippen molar-refractivity contribution >= 4 is 5.97 Å². The van der Waals surface area contributed by atoms with Crippen molar-refractivity contribution in [2.75, 3.05) is 13.2 Å². The molecule has 30 heavy (non-hydrogen) atoms. The topological polar surface area (TPSA) is 49.8 Å². The lowest BCUT2D eigenvalue weighted by atomic mass is 9.69. The summed E-state index contributed by atoms with van der Waals surface area (Å²) in [7, 11) is 0. The highest BCUT2D eigenvalue weighted by Crippen LogP contribution is 2.43. The minimum atomic E-state index is -0.842. The number of nitrogens with zero attached hydrogens (tertiary/aromatic N) is 1. The molecule has 2 rings (SSSR count). The molecule has 0 fully saturated rings. The highest BCUT2D eigenvalue weighted by Gasteiger charge is 2.43. The Labute approximate surface area is 181 Å². The lowest BCUT2D eigenvalue weighted by Crippen LogP contribution is -2.42. The molecule has 0 aliphatic carbocycles. The minimum absolute atomic E-state index is 0.0675. The van der Waals surface area contributed by atoms with Gasteiger partial charge in [-0.25, -0.2) is 0 Å². The van der Waals surface area contributed by atoms with Crippen molar-refractivity contribution in [2.24, 2.45) is 5.41 Å². The fourth-order valence-corrected chi connectivity index (χ4v) is 4.29. The zero-order valence-electron chi connectivity index (χ0n) is 19.0. The molecule has 0 aromatic heterocycles. The number of ether oxygens (including phenoxy) is 1. The molecular weight excluding hydrogens is 374 g/mol. The predicted octanol–water partition coefficient (Wildman–Crippen LogP) is 5.27. The van der Waals surface area contributed by atoms with E-state index in [0.29, 0.717) is 24.3 Å². The molecule has 0 heterocycles. The van der Waals surface area contributed by atoms with Crippen molar-refractivity contribution in [3.63, 3.8) is 0 Å². The highest BCUT2D eigenvalue weighted by molar-refractivity contribution is 5.80. The number of hydrogen-bond donors (Lipinski definition) is 1. The van der Waals surface area contributed by atoms with E-state index in [9.17, 15) is 9.90 Å². The van der Waals surface area contributed by atoms with E-state index >= 15 is 0 Å². The van der Waals surface area contributed by atoms with Crippen molar-refractivity contribution in [2.45, 2.75) is 65.5 Å². The molecule has 4 nitrogen and oxygen atoms in total. The second-order valence-electron chi connectivity index (χ2n) is 8.77. The van der Waals surface area contributed by atoms with Gasteiger partial charge in [0.05, 0.1) is 5.41 Å². The average Bonchev–Trinajstić information content (AvgIpc) is 2.72. The van der Waals surface area contributed by atoms with E-state index in [1.54, 1.807) is 12.1 Å².